The number of benzene rings is 4. The molecule has 6 rings (SSSR count). The van der Waals surface area contributed by atoms with Gasteiger partial charge in [-0.25, -0.2) is 4.57 Å². The molecule has 0 saturated heterocycles. The van der Waals surface area contributed by atoms with E-state index >= 15 is 0 Å². The van der Waals surface area contributed by atoms with Crippen LogP contribution in [0.15, 0.2) is 77.2 Å². The molecule has 0 saturated carbocycles. The molecule has 0 aliphatic rings. The summed E-state index contributed by atoms with van der Waals surface area (Å²) in [5, 5.41) is 7.52. The Balaban J connectivity index is 1.76. The highest BCUT2D eigenvalue weighted by atomic mass is 16.3. The van der Waals surface area contributed by atoms with Crippen molar-refractivity contribution >= 4 is 21.9 Å². The topological polar surface area (TPSA) is 34.8 Å². The largest absolute Gasteiger partial charge is 0.455 e. The maximum absolute atomic E-state index is 6.52. The van der Waals surface area contributed by atoms with E-state index in [1.54, 1.807) is 0 Å². The van der Waals surface area contributed by atoms with Crippen LogP contribution in [0, 0.1) is 34.6 Å². The maximum Gasteiger partial charge on any atom is 0.309 e. The van der Waals surface area contributed by atoms with Crippen LogP contribution in [0.4, 0.5) is 0 Å². The molecule has 2 aromatic heterocycles. The molecular formula is C32H30N3O+. The van der Waals surface area contributed by atoms with Gasteiger partial charge in [0.05, 0.1) is 23.3 Å². The highest BCUT2D eigenvalue weighted by Crippen LogP contribution is 2.38. The van der Waals surface area contributed by atoms with Crippen LogP contribution >= 0.6 is 0 Å². The molecule has 0 aliphatic carbocycles. The quantitative estimate of drug-likeness (QED) is 0.250. The zero-order valence-corrected chi connectivity index (χ0v) is 21.7. The molecule has 178 valence electrons. The molecule has 4 heteroatoms. The second-order valence-electron chi connectivity index (χ2n) is 9.97. The predicted octanol–water partition coefficient (Wildman–Crippen LogP) is 7.47. The van der Waals surface area contributed by atoms with Gasteiger partial charge in [0.15, 0.2) is 0 Å². The number of hydrogen-bond donors (Lipinski definition) is 0. The van der Waals surface area contributed by atoms with Crippen molar-refractivity contribution in [1.29, 1.82) is 0 Å². The molecule has 0 radical (unpaired) electrons. The lowest BCUT2D eigenvalue weighted by molar-refractivity contribution is -0.649. The molecule has 6 aromatic rings. The molecule has 4 nitrogen and oxygen atoms in total. The van der Waals surface area contributed by atoms with Crippen molar-refractivity contribution in [3.8, 4) is 28.5 Å². The van der Waals surface area contributed by atoms with Gasteiger partial charge in [-0.05, 0) is 69.5 Å². The minimum absolute atomic E-state index is 0.895. The van der Waals surface area contributed by atoms with Crippen molar-refractivity contribution in [2.45, 2.75) is 34.6 Å². The summed E-state index contributed by atoms with van der Waals surface area (Å²) in [6.07, 6.45) is 0. The van der Waals surface area contributed by atoms with E-state index < -0.39 is 0 Å². The summed E-state index contributed by atoms with van der Waals surface area (Å²) >= 11 is 0. The number of aryl methyl sites for hydroxylation is 5. The zero-order valence-electron chi connectivity index (χ0n) is 21.7. The van der Waals surface area contributed by atoms with Crippen LogP contribution in [-0.4, -0.2) is 9.78 Å². The third-order valence-corrected chi connectivity index (χ3v) is 7.14. The molecule has 0 fully saturated rings. The molecule has 0 amide bonds. The van der Waals surface area contributed by atoms with Crippen LogP contribution < -0.4 is 4.57 Å². The molecule has 0 bridgehead atoms. The predicted molar refractivity (Wildman–Crippen MR) is 147 cm³/mol. The molecule has 0 atom stereocenters. The molecule has 0 spiro atoms. The van der Waals surface area contributed by atoms with Crippen LogP contribution in [0.25, 0.3) is 50.4 Å². The van der Waals surface area contributed by atoms with E-state index in [0.717, 1.165) is 56.0 Å². The van der Waals surface area contributed by atoms with Crippen molar-refractivity contribution < 1.29 is 8.98 Å². The first-order valence-corrected chi connectivity index (χ1v) is 12.4. The van der Waals surface area contributed by atoms with Crippen LogP contribution in [0.1, 0.15) is 27.8 Å². The zero-order chi connectivity index (χ0) is 25.1. The molecule has 2 heterocycles. The number of rotatable bonds is 3. The fourth-order valence-electron chi connectivity index (χ4n) is 5.54. The number of nitrogens with zero attached hydrogens (tertiary/aromatic N) is 3. The lowest BCUT2D eigenvalue weighted by atomic mass is 10.0. The van der Waals surface area contributed by atoms with Crippen LogP contribution in [0.2, 0.25) is 0 Å². The summed E-state index contributed by atoms with van der Waals surface area (Å²) in [6, 6.07) is 25.7. The van der Waals surface area contributed by atoms with Crippen molar-refractivity contribution in [3.63, 3.8) is 0 Å². The van der Waals surface area contributed by atoms with Gasteiger partial charge in [-0.3, -0.25) is 0 Å². The van der Waals surface area contributed by atoms with Gasteiger partial charge in [0, 0.05) is 10.8 Å². The Kier molecular flexibility index (Phi) is 5.08. The Morgan fingerprint density at radius 1 is 0.722 bits per heavy atom. The van der Waals surface area contributed by atoms with E-state index in [9.17, 15) is 0 Å². The first-order valence-electron chi connectivity index (χ1n) is 12.4. The Bertz CT molecular complexity index is 1760. The highest BCUT2D eigenvalue weighted by Gasteiger charge is 2.32. The van der Waals surface area contributed by atoms with Crippen LogP contribution in [0.3, 0.4) is 0 Å². The summed E-state index contributed by atoms with van der Waals surface area (Å²) in [7, 11) is 2.11. The maximum atomic E-state index is 6.52. The fraction of sp³-hybridized carbons (Fsp3) is 0.188. The van der Waals surface area contributed by atoms with Crippen molar-refractivity contribution in [1.82, 2.24) is 9.78 Å². The Morgan fingerprint density at radius 2 is 1.42 bits per heavy atom. The van der Waals surface area contributed by atoms with Gasteiger partial charge in [0.2, 0.25) is 0 Å². The number of furan rings is 1. The fourth-order valence-corrected chi connectivity index (χ4v) is 5.54. The monoisotopic (exact) mass is 472 g/mol. The smallest absolute Gasteiger partial charge is 0.309 e. The van der Waals surface area contributed by atoms with Crippen molar-refractivity contribution in [3.05, 3.63) is 101 Å². The van der Waals surface area contributed by atoms with E-state index in [1.807, 2.05) is 12.1 Å². The lowest BCUT2D eigenvalue weighted by Gasteiger charge is -2.09. The Morgan fingerprint density at radius 3 is 2.14 bits per heavy atom. The Hall–Kier alpha value is -4.18. The first-order chi connectivity index (χ1) is 17.3. The summed E-state index contributed by atoms with van der Waals surface area (Å²) < 4.78 is 10.9. The normalized spacial score (nSPS) is 11.6. The molecule has 0 aliphatic heterocycles. The van der Waals surface area contributed by atoms with Gasteiger partial charge >= 0.3 is 5.82 Å². The van der Waals surface area contributed by atoms with Crippen LogP contribution in [-0.2, 0) is 7.05 Å². The average Bonchev–Trinajstić information content (AvgIpc) is 3.36. The summed E-state index contributed by atoms with van der Waals surface area (Å²) in [6.45, 7) is 10.7. The lowest BCUT2D eigenvalue weighted by Crippen LogP contribution is -2.32. The second kappa shape index (κ2) is 8.20. The number of fused-ring (bicyclic) bond motifs is 3. The first kappa shape index (κ1) is 22.3. The molecule has 36 heavy (non-hydrogen) atoms. The Labute approximate surface area is 211 Å². The van der Waals surface area contributed by atoms with Gasteiger partial charge in [-0.2, -0.15) is 0 Å². The molecular weight excluding hydrogens is 442 g/mol. The van der Waals surface area contributed by atoms with E-state index in [-0.39, 0.29) is 0 Å². The highest BCUT2D eigenvalue weighted by molar-refractivity contribution is 6.09. The molecule has 4 aromatic carbocycles. The molecule has 0 N–H and O–H groups in total. The second-order valence-corrected chi connectivity index (χ2v) is 9.97. The number of para-hydroxylation sites is 2. The van der Waals surface area contributed by atoms with Crippen LogP contribution in [0.5, 0.6) is 0 Å². The van der Waals surface area contributed by atoms with Crippen molar-refractivity contribution in [2.24, 2.45) is 7.05 Å². The van der Waals surface area contributed by atoms with Crippen molar-refractivity contribution in [2.75, 3.05) is 0 Å². The minimum atomic E-state index is 0.895. The van der Waals surface area contributed by atoms with Gasteiger partial charge in [0.25, 0.3) is 5.82 Å². The van der Waals surface area contributed by atoms with Gasteiger partial charge < -0.3 is 4.42 Å². The summed E-state index contributed by atoms with van der Waals surface area (Å²) in [5.41, 5.74) is 11.0. The minimum Gasteiger partial charge on any atom is -0.455 e. The van der Waals surface area contributed by atoms with Gasteiger partial charge in [-0.1, -0.05) is 70.4 Å². The van der Waals surface area contributed by atoms with E-state index in [0.29, 0.717) is 0 Å². The number of hydrogen-bond acceptors (Lipinski definition) is 2. The SMILES string of the molecule is Cc1cc(C)cc(-c2nn(-c3c(C)cccc3C)c(-c3c(C)ccc4c3oc3ccccc34)[n+]2C)c1. The third-order valence-electron chi connectivity index (χ3n) is 7.14. The third kappa shape index (κ3) is 3.36. The number of aromatic nitrogens is 3. The van der Waals surface area contributed by atoms with E-state index in [2.05, 4.69) is 112 Å². The van der Waals surface area contributed by atoms with E-state index in [4.69, 9.17) is 9.52 Å². The van der Waals surface area contributed by atoms with E-state index in [1.165, 1.54) is 22.3 Å². The standard InChI is InChI=1S/C32H30N3O/c1-19-16-20(2)18-24(17-19)31-33-35(29-22(4)10-9-11-23(29)5)32(34(31)6)28-21(3)14-15-26-25-12-7-8-13-27(25)36-30(26)28/h7-18H,1-6H3/q+1. The average molecular weight is 473 g/mol. The van der Waals surface area contributed by atoms with Gasteiger partial charge in [0.1, 0.15) is 16.9 Å². The summed E-state index contributed by atoms with van der Waals surface area (Å²) in [5.74, 6) is 1.93. The van der Waals surface area contributed by atoms with Gasteiger partial charge in [-0.15, -0.1) is 0 Å². The molecule has 0 unspecified atom stereocenters. The summed E-state index contributed by atoms with van der Waals surface area (Å²) in [4.78, 5) is 0.